The average Bonchev–Trinajstić information content (AvgIpc) is 2.67. The van der Waals surface area contributed by atoms with Gasteiger partial charge in [-0.1, -0.05) is 48.5 Å². The minimum atomic E-state index is -0.113. The largest absolute Gasteiger partial charge is 0.393 e. The van der Waals surface area contributed by atoms with Gasteiger partial charge in [-0.05, 0) is 60.8 Å². The van der Waals surface area contributed by atoms with Gasteiger partial charge in [-0.2, -0.15) is 0 Å². The third kappa shape index (κ3) is 2.03. The molecule has 0 bridgehead atoms. The van der Waals surface area contributed by atoms with Gasteiger partial charge in [0.2, 0.25) is 0 Å². The summed E-state index contributed by atoms with van der Waals surface area (Å²) in [4.78, 5) is 0. The number of hydrogen-bond acceptors (Lipinski definition) is 1. The molecular formula is C20H22O. The van der Waals surface area contributed by atoms with Gasteiger partial charge in [-0.25, -0.2) is 0 Å². The lowest BCUT2D eigenvalue weighted by atomic mass is 9.63. The molecule has 1 nitrogen and oxygen atoms in total. The van der Waals surface area contributed by atoms with Crippen LogP contribution in [0.5, 0.6) is 0 Å². The first-order valence-corrected chi connectivity index (χ1v) is 8.14. The maximum absolute atomic E-state index is 9.99. The second kappa shape index (κ2) is 4.99. The molecule has 0 aliphatic heterocycles. The summed E-state index contributed by atoms with van der Waals surface area (Å²) in [6, 6.07) is 18.0. The Balaban J connectivity index is 1.94. The molecule has 0 aromatic heterocycles. The maximum atomic E-state index is 9.99. The van der Waals surface area contributed by atoms with E-state index in [1.165, 1.54) is 22.3 Å². The van der Waals surface area contributed by atoms with Crippen molar-refractivity contribution in [1.29, 1.82) is 0 Å². The van der Waals surface area contributed by atoms with Crippen molar-refractivity contribution in [2.24, 2.45) is 0 Å². The molecule has 2 aliphatic carbocycles. The van der Waals surface area contributed by atoms with Crippen molar-refractivity contribution < 1.29 is 5.11 Å². The van der Waals surface area contributed by atoms with Crippen LogP contribution in [0.15, 0.2) is 48.5 Å². The minimum absolute atomic E-state index is 0.113. The molecule has 0 radical (unpaired) electrons. The van der Waals surface area contributed by atoms with Crippen molar-refractivity contribution >= 4 is 0 Å². The summed E-state index contributed by atoms with van der Waals surface area (Å²) >= 11 is 0. The SMILES string of the molecule is OC1CCC2(CC1)c1ccccc1CCc1ccccc12. The van der Waals surface area contributed by atoms with Gasteiger partial charge in [0, 0.05) is 5.41 Å². The Hall–Kier alpha value is -1.60. The van der Waals surface area contributed by atoms with Crippen LogP contribution in [-0.2, 0) is 18.3 Å². The highest BCUT2D eigenvalue weighted by molar-refractivity contribution is 5.50. The second-order valence-corrected chi connectivity index (χ2v) is 6.63. The molecule has 1 heteroatoms. The lowest BCUT2D eigenvalue weighted by Crippen LogP contribution is -2.35. The van der Waals surface area contributed by atoms with Gasteiger partial charge >= 0.3 is 0 Å². The number of aryl methyl sites for hydroxylation is 2. The summed E-state index contributed by atoms with van der Waals surface area (Å²) in [6.07, 6.45) is 6.14. The maximum Gasteiger partial charge on any atom is 0.0541 e. The van der Waals surface area contributed by atoms with Crippen molar-refractivity contribution in [3.05, 3.63) is 70.8 Å². The van der Waals surface area contributed by atoms with E-state index < -0.39 is 0 Å². The molecule has 1 fully saturated rings. The Labute approximate surface area is 126 Å². The normalized spacial score (nSPS) is 20.6. The van der Waals surface area contributed by atoms with Crippen LogP contribution >= 0.6 is 0 Å². The number of hydrogen-bond donors (Lipinski definition) is 1. The topological polar surface area (TPSA) is 20.2 Å². The van der Waals surface area contributed by atoms with E-state index in [-0.39, 0.29) is 11.5 Å². The number of fused-ring (bicyclic) bond motifs is 4. The minimum Gasteiger partial charge on any atom is -0.393 e. The number of aliphatic hydroxyl groups excluding tert-OH is 1. The Morgan fingerprint density at radius 1 is 0.762 bits per heavy atom. The highest BCUT2D eigenvalue weighted by Gasteiger charge is 2.41. The summed E-state index contributed by atoms with van der Waals surface area (Å²) < 4.78 is 0. The molecular weight excluding hydrogens is 256 g/mol. The van der Waals surface area contributed by atoms with Gasteiger partial charge in [0.15, 0.2) is 0 Å². The van der Waals surface area contributed by atoms with Crippen LogP contribution in [0, 0.1) is 0 Å². The highest BCUT2D eigenvalue weighted by atomic mass is 16.3. The predicted octanol–water partition coefficient (Wildman–Crippen LogP) is 4.01. The molecule has 2 aliphatic rings. The van der Waals surface area contributed by atoms with Crippen LogP contribution in [0.1, 0.15) is 47.9 Å². The Morgan fingerprint density at radius 2 is 1.24 bits per heavy atom. The molecule has 108 valence electrons. The van der Waals surface area contributed by atoms with Crippen molar-refractivity contribution in [3.8, 4) is 0 Å². The monoisotopic (exact) mass is 278 g/mol. The van der Waals surface area contributed by atoms with Gasteiger partial charge < -0.3 is 5.11 Å². The van der Waals surface area contributed by atoms with E-state index in [1.54, 1.807) is 0 Å². The zero-order chi connectivity index (χ0) is 14.3. The molecule has 4 rings (SSSR count). The van der Waals surface area contributed by atoms with Gasteiger partial charge in [-0.3, -0.25) is 0 Å². The molecule has 0 heterocycles. The lowest BCUT2D eigenvalue weighted by Gasteiger charge is -2.41. The fourth-order valence-electron chi connectivity index (χ4n) is 4.46. The summed E-state index contributed by atoms with van der Waals surface area (Å²) in [5.41, 5.74) is 6.17. The smallest absolute Gasteiger partial charge is 0.0541 e. The number of rotatable bonds is 0. The zero-order valence-corrected chi connectivity index (χ0v) is 12.4. The van der Waals surface area contributed by atoms with Crippen LogP contribution in [-0.4, -0.2) is 11.2 Å². The lowest BCUT2D eigenvalue weighted by molar-refractivity contribution is 0.106. The molecule has 0 unspecified atom stereocenters. The third-order valence-electron chi connectivity index (χ3n) is 5.54. The van der Waals surface area contributed by atoms with E-state index in [4.69, 9.17) is 0 Å². The Kier molecular flexibility index (Phi) is 3.11. The predicted molar refractivity (Wildman–Crippen MR) is 85.5 cm³/mol. The Bertz CT molecular complexity index is 601. The van der Waals surface area contributed by atoms with E-state index in [0.29, 0.717) is 0 Å². The highest BCUT2D eigenvalue weighted by Crippen LogP contribution is 2.48. The molecule has 2 aromatic carbocycles. The molecule has 0 saturated heterocycles. The standard InChI is InChI=1S/C20H22O/c21-17-11-13-20(14-12-17)18-7-3-1-5-15(18)9-10-16-6-2-4-8-19(16)20/h1-8,17,21H,9-14H2. The molecule has 1 saturated carbocycles. The van der Waals surface area contributed by atoms with Crippen LogP contribution in [0.4, 0.5) is 0 Å². The number of aliphatic hydroxyl groups is 1. The summed E-state index contributed by atoms with van der Waals surface area (Å²) in [7, 11) is 0. The molecule has 0 atom stereocenters. The quantitative estimate of drug-likeness (QED) is 0.772. The van der Waals surface area contributed by atoms with Crippen molar-refractivity contribution in [2.75, 3.05) is 0 Å². The van der Waals surface area contributed by atoms with Gasteiger partial charge in [0.05, 0.1) is 6.10 Å². The van der Waals surface area contributed by atoms with Gasteiger partial charge in [0.1, 0.15) is 0 Å². The first kappa shape index (κ1) is 13.1. The summed E-state index contributed by atoms with van der Waals surface area (Å²) in [5.74, 6) is 0. The fraction of sp³-hybridized carbons (Fsp3) is 0.400. The van der Waals surface area contributed by atoms with E-state index in [9.17, 15) is 5.11 Å². The van der Waals surface area contributed by atoms with Crippen molar-refractivity contribution in [3.63, 3.8) is 0 Å². The first-order chi connectivity index (χ1) is 10.3. The average molecular weight is 278 g/mol. The van der Waals surface area contributed by atoms with Crippen LogP contribution in [0.2, 0.25) is 0 Å². The van der Waals surface area contributed by atoms with Crippen LogP contribution in [0.3, 0.4) is 0 Å². The van der Waals surface area contributed by atoms with Crippen molar-refractivity contribution in [2.45, 2.75) is 50.0 Å². The summed E-state index contributed by atoms with van der Waals surface area (Å²) in [6.45, 7) is 0. The van der Waals surface area contributed by atoms with E-state index in [2.05, 4.69) is 48.5 Å². The van der Waals surface area contributed by atoms with Crippen LogP contribution < -0.4 is 0 Å². The molecule has 1 N–H and O–H groups in total. The zero-order valence-electron chi connectivity index (χ0n) is 12.4. The number of benzene rings is 2. The fourth-order valence-corrected chi connectivity index (χ4v) is 4.46. The van der Waals surface area contributed by atoms with Gasteiger partial charge in [-0.15, -0.1) is 0 Å². The van der Waals surface area contributed by atoms with Crippen LogP contribution in [0.25, 0.3) is 0 Å². The molecule has 21 heavy (non-hydrogen) atoms. The second-order valence-electron chi connectivity index (χ2n) is 6.63. The first-order valence-electron chi connectivity index (χ1n) is 8.14. The van der Waals surface area contributed by atoms with E-state index >= 15 is 0 Å². The van der Waals surface area contributed by atoms with Crippen molar-refractivity contribution in [1.82, 2.24) is 0 Å². The molecule has 1 spiro atoms. The van der Waals surface area contributed by atoms with E-state index in [1.807, 2.05) is 0 Å². The third-order valence-corrected chi connectivity index (χ3v) is 5.54. The van der Waals surface area contributed by atoms with E-state index in [0.717, 1.165) is 38.5 Å². The molecule has 0 amide bonds. The summed E-state index contributed by atoms with van der Waals surface area (Å²) in [5, 5.41) is 9.99. The Morgan fingerprint density at radius 3 is 1.76 bits per heavy atom. The van der Waals surface area contributed by atoms with Gasteiger partial charge in [0.25, 0.3) is 0 Å². The molecule has 2 aromatic rings.